The summed E-state index contributed by atoms with van der Waals surface area (Å²) in [5.41, 5.74) is 4.29. The minimum atomic E-state index is -1.50. The first-order valence-electron chi connectivity index (χ1n) is 4.27. The predicted molar refractivity (Wildman–Crippen MR) is 53.7 cm³/mol. The third-order valence-corrected chi connectivity index (χ3v) is 2.29. The Morgan fingerprint density at radius 1 is 1.50 bits per heavy atom. The van der Waals surface area contributed by atoms with Crippen LogP contribution in [0.4, 0.5) is 8.78 Å². The molecule has 0 aliphatic carbocycles. The fraction of sp³-hybridized carbons (Fsp3) is 0.400. The molecular formula is C10H12ClF2N. The zero-order valence-corrected chi connectivity index (χ0v) is 8.61. The molecule has 0 amide bonds. The first kappa shape index (κ1) is 11.4. The lowest BCUT2D eigenvalue weighted by Crippen LogP contribution is -2.31. The van der Waals surface area contributed by atoms with Crippen molar-refractivity contribution in [3.05, 3.63) is 34.6 Å². The van der Waals surface area contributed by atoms with Crippen molar-refractivity contribution in [2.24, 2.45) is 5.73 Å². The quantitative estimate of drug-likeness (QED) is 0.831. The van der Waals surface area contributed by atoms with Crippen LogP contribution in [-0.4, -0.2) is 12.2 Å². The molecule has 0 aromatic heterocycles. The van der Waals surface area contributed by atoms with Crippen molar-refractivity contribution in [2.75, 3.05) is 6.54 Å². The van der Waals surface area contributed by atoms with Gasteiger partial charge in [-0.25, -0.2) is 8.78 Å². The topological polar surface area (TPSA) is 26.0 Å². The molecule has 1 nitrogen and oxygen atoms in total. The van der Waals surface area contributed by atoms with E-state index in [1.807, 2.05) is 0 Å². The molecule has 1 unspecified atom stereocenters. The van der Waals surface area contributed by atoms with Crippen molar-refractivity contribution in [1.82, 2.24) is 0 Å². The maximum Gasteiger partial charge on any atom is 0.142 e. The van der Waals surface area contributed by atoms with Crippen LogP contribution in [0.15, 0.2) is 18.2 Å². The lowest BCUT2D eigenvalue weighted by molar-refractivity contribution is 0.200. The van der Waals surface area contributed by atoms with Crippen molar-refractivity contribution in [3.63, 3.8) is 0 Å². The Labute approximate surface area is 86.9 Å². The molecule has 78 valence electrons. The monoisotopic (exact) mass is 219 g/mol. The highest BCUT2D eigenvalue weighted by Crippen LogP contribution is 2.20. The van der Waals surface area contributed by atoms with E-state index in [2.05, 4.69) is 0 Å². The van der Waals surface area contributed by atoms with Crippen molar-refractivity contribution < 1.29 is 8.78 Å². The second-order valence-electron chi connectivity index (χ2n) is 3.54. The van der Waals surface area contributed by atoms with E-state index < -0.39 is 11.5 Å². The molecule has 0 heterocycles. The summed E-state index contributed by atoms with van der Waals surface area (Å²) in [4.78, 5) is 0. The maximum atomic E-state index is 13.5. The van der Waals surface area contributed by atoms with Gasteiger partial charge in [-0.3, -0.25) is 0 Å². The molecule has 0 spiro atoms. The molecule has 1 aromatic rings. The highest BCUT2D eigenvalue weighted by atomic mass is 35.5. The van der Waals surface area contributed by atoms with E-state index in [0.29, 0.717) is 5.56 Å². The van der Waals surface area contributed by atoms with E-state index in [-0.39, 0.29) is 18.0 Å². The summed E-state index contributed by atoms with van der Waals surface area (Å²) < 4.78 is 26.4. The molecule has 1 aromatic carbocycles. The number of hydrogen-bond donors (Lipinski definition) is 1. The molecule has 0 aliphatic heterocycles. The molecule has 14 heavy (non-hydrogen) atoms. The van der Waals surface area contributed by atoms with Crippen LogP contribution < -0.4 is 5.73 Å². The summed E-state index contributed by atoms with van der Waals surface area (Å²) in [6.45, 7) is 1.30. The smallest absolute Gasteiger partial charge is 0.142 e. The first-order chi connectivity index (χ1) is 6.44. The molecule has 0 saturated heterocycles. The molecule has 0 bridgehead atoms. The summed E-state index contributed by atoms with van der Waals surface area (Å²) in [7, 11) is 0. The molecule has 1 atom stereocenters. The van der Waals surface area contributed by atoms with Crippen LogP contribution in [0.5, 0.6) is 0 Å². The van der Waals surface area contributed by atoms with Gasteiger partial charge in [0.15, 0.2) is 0 Å². The SMILES string of the molecule is CC(F)(CN)Cc1ccc(Cl)c(F)c1. The maximum absolute atomic E-state index is 13.5. The Balaban J connectivity index is 2.83. The van der Waals surface area contributed by atoms with Crippen LogP contribution in [-0.2, 0) is 6.42 Å². The van der Waals surface area contributed by atoms with Crippen molar-refractivity contribution in [1.29, 1.82) is 0 Å². The fourth-order valence-corrected chi connectivity index (χ4v) is 1.26. The molecular weight excluding hydrogens is 208 g/mol. The Hall–Kier alpha value is -0.670. The number of alkyl halides is 1. The van der Waals surface area contributed by atoms with Gasteiger partial charge in [-0.1, -0.05) is 17.7 Å². The molecule has 2 N–H and O–H groups in total. The molecule has 0 radical (unpaired) electrons. The second-order valence-corrected chi connectivity index (χ2v) is 3.95. The van der Waals surface area contributed by atoms with Gasteiger partial charge in [-0.15, -0.1) is 0 Å². The van der Waals surface area contributed by atoms with Gasteiger partial charge in [0.05, 0.1) is 5.02 Å². The van der Waals surface area contributed by atoms with Crippen molar-refractivity contribution in [2.45, 2.75) is 19.0 Å². The average molecular weight is 220 g/mol. The Bertz CT molecular complexity index is 326. The zero-order valence-electron chi connectivity index (χ0n) is 7.86. The number of halogens is 3. The summed E-state index contributed by atoms with van der Waals surface area (Å²) in [6.07, 6.45) is 0.0948. The van der Waals surface area contributed by atoms with Crippen molar-refractivity contribution in [3.8, 4) is 0 Å². The highest BCUT2D eigenvalue weighted by Gasteiger charge is 2.21. The van der Waals surface area contributed by atoms with Crippen LogP contribution in [0.2, 0.25) is 5.02 Å². The highest BCUT2D eigenvalue weighted by molar-refractivity contribution is 6.30. The average Bonchev–Trinajstić information content (AvgIpc) is 2.11. The molecule has 1 rings (SSSR count). The first-order valence-corrected chi connectivity index (χ1v) is 4.65. The molecule has 0 aliphatic rings. The predicted octanol–water partition coefficient (Wildman–Crippen LogP) is 2.71. The van der Waals surface area contributed by atoms with Crippen LogP contribution in [0.1, 0.15) is 12.5 Å². The number of benzene rings is 1. The van der Waals surface area contributed by atoms with Crippen molar-refractivity contribution >= 4 is 11.6 Å². The third-order valence-electron chi connectivity index (χ3n) is 1.98. The van der Waals surface area contributed by atoms with Gasteiger partial charge in [0, 0.05) is 13.0 Å². The van der Waals surface area contributed by atoms with E-state index in [4.69, 9.17) is 17.3 Å². The van der Waals surface area contributed by atoms with Crippen LogP contribution in [0.25, 0.3) is 0 Å². The lowest BCUT2D eigenvalue weighted by Gasteiger charge is -2.17. The number of hydrogen-bond acceptors (Lipinski definition) is 1. The van der Waals surface area contributed by atoms with Gasteiger partial charge in [0.1, 0.15) is 11.5 Å². The van der Waals surface area contributed by atoms with E-state index in [1.54, 1.807) is 6.07 Å². The van der Waals surface area contributed by atoms with Crippen LogP contribution in [0, 0.1) is 5.82 Å². The summed E-state index contributed by atoms with van der Waals surface area (Å²) in [5.74, 6) is -0.531. The van der Waals surface area contributed by atoms with Gasteiger partial charge < -0.3 is 5.73 Å². The van der Waals surface area contributed by atoms with Crippen LogP contribution in [0.3, 0.4) is 0 Å². The van der Waals surface area contributed by atoms with E-state index in [1.165, 1.54) is 19.1 Å². The van der Waals surface area contributed by atoms with Gasteiger partial charge in [0.25, 0.3) is 0 Å². The minimum absolute atomic E-state index is 0.0436. The lowest BCUT2D eigenvalue weighted by atomic mass is 9.98. The normalized spacial score (nSPS) is 15.2. The standard InChI is InChI=1S/C10H12ClF2N/c1-10(13,6-14)5-7-2-3-8(11)9(12)4-7/h2-4H,5-6,14H2,1H3. The minimum Gasteiger partial charge on any atom is -0.328 e. The molecule has 4 heteroatoms. The Kier molecular flexibility index (Phi) is 3.45. The van der Waals surface area contributed by atoms with Gasteiger partial charge in [0.2, 0.25) is 0 Å². The van der Waals surface area contributed by atoms with Crippen LogP contribution >= 0.6 is 11.6 Å². The summed E-state index contributed by atoms with van der Waals surface area (Å²) in [6, 6.07) is 4.24. The number of rotatable bonds is 3. The van der Waals surface area contributed by atoms with E-state index >= 15 is 0 Å². The van der Waals surface area contributed by atoms with Gasteiger partial charge in [-0.05, 0) is 24.6 Å². The number of nitrogens with two attached hydrogens (primary N) is 1. The summed E-state index contributed by atoms with van der Waals surface area (Å²) in [5, 5.41) is 0.0436. The molecule has 0 fully saturated rings. The second kappa shape index (κ2) is 4.24. The third kappa shape index (κ3) is 2.93. The largest absolute Gasteiger partial charge is 0.328 e. The van der Waals surface area contributed by atoms with Gasteiger partial charge >= 0.3 is 0 Å². The summed E-state index contributed by atoms with van der Waals surface area (Å²) >= 11 is 5.49. The van der Waals surface area contributed by atoms with E-state index in [9.17, 15) is 8.78 Å². The molecule has 0 saturated carbocycles. The fourth-order valence-electron chi connectivity index (χ4n) is 1.15. The zero-order chi connectivity index (χ0) is 10.8. The van der Waals surface area contributed by atoms with E-state index in [0.717, 1.165) is 0 Å². The van der Waals surface area contributed by atoms with Gasteiger partial charge in [-0.2, -0.15) is 0 Å². The Morgan fingerprint density at radius 3 is 2.64 bits per heavy atom. The Morgan fingerprint density at radius 2 is 2.14 bits per heavy atom.